The lowest BCUT2D eigenvalue weighted by Gasteiger charge is -2.28. The Bertz CT molecular complexity index is 584. The highest BCUT2D eigenvalue weighted by Gasteiger charge is 2.29. The number of rotatable bonds is 7. The van der Waals surface area contributed by atoms with E-state index < -0.39 is 16.0 Å². The van der Waals surface area contributed by atoms with Gasteiger partial charge in [-0.2, -0.15) is 4.31 Å². The van der Waals surface area contributed by atoms with Gasteiger partial charge in [0.05, 0.1) is 5.56 Å². The number of carboxylic acids is 1. The highest BCUT2D eigenvalue weighted by Crippen LogP contribution is 2.16. The quantitative estimate of drug-likeness (QED) is 0.798. The molecule has 1 rings (SSSR count). The van der Waals surface area contributed by atoms with Crippen LogP contribution in [-0.4, -0.2) is 66.9 Å². The van der Waals surface area contributed by atoms with Gasteiger partial charge in [-0.3, -0.25) is 0 Å². The van der Waals surface area contributed by atoms with Gasteiger partial charge in [-0.05, 0) is 33.2 Å². The molecule has 0 amide bonds. The molecule has 0 aliphatic heterocycles. The van der Waals surface area contributed by atoms with Crippen molar-refractivity contribution in [1.29, 1.82) is 0 Å². The normalized spacial score (nSPS) is 13.6. The summed E-state index contributed by atoms with van der Waals surface area (Å²) in [6.45, 7) is 4.49. The maximum atomic E-state index is 12.6. The first-order valence-corrected chi connectivity index (χ1v) is 8.00. The van der Waals surface area contributed by atoms with Gasteiger partial charge >= 0.3 is 5.97 Å². The zero-order chi connectivity index (χ0) is 16.2. The third-order valence-electron chi connectivity index (χ3n) is 2.99. The molecule has 8 heteroatoms. The van der Waals surface area contributed by atoms with E-state index in [9.17, 15) is 13.2 Å². The monoisotopic (exact) mass is 315 g/mol. The molecule has 0 fully saturated rings. The second-order valence-electron chi connectivity index (χ2n) is 5.01. The Balaban J connectivity index is 3.09. The van der Waals surface area contributed by atoms with Crippen molar-refractivity contribution in [1.82, 2.24) is 14.2 Å². The van der Waals surface area contributed by atoms with Crippen LogP contribution in [0.25, 0.3) is 0 Å². The molecule has 0 bridgehead atoms. The summed E-state index contributed by atoms with van der Waals surface area (Å²) in [5.74, 6) is -1.14. The first kappa shape index (κ1) is 17.5. The summed E-state index contributed by atoms with van der Waals surface area (Å²) < 4.78 is 26.5. The van der Waals surface area contributed by atoms with Crippen LogP contribution in [0.15, 0.2) is 23.4 Å². The fraction of sp³-hybridized carbons (Fsp3) is 0.538. The average molecular weight is 315 g/mol. The second-order valence-corrected chi connectivity index (χ2v) is 6.85. The van der Waals surface area contributed by atoms with Crippen LogP contribution in [0.2, 0.25) is 0 Å². The molecule has 21 heavy (non-hydrogen) atoms. The number of pyridine rings is 1. The molecule has 1 heterocycles. The Morgan fingerprint density at radius 3 is 2.38 bits per heavy atom. The lowest BCUT2D eigenvalue weighted by atomic mass is 10.3. The Morgan fingerprint density at radius 2 is 2.00 bits per heavy atom. The zero-order valence-corrected chi connectivity index (χ0v) is 13.5. The van der Waals surface area contributed by atoms with E-state index in [0.717, 1.165) is 6.20 Å². The van der Waals surface area contributed by atoms with E-state index in [1.807, 2.05) is 25.9 Å². The summed E-state index contributed by atoms with van der Waals surface area (Å²) in [7, 11) is 0.00794. The van der Waals surface area contributed by atoms with Gasteiger partial charge in [0.25, 0.3) is 10.0 Å². The van der Waals surface area contributed by atoms with E-state index in [0.29, 0.717) is 13.1 Å². The molecule has 0 saturated heterocycles. The second kappa shape index (κ2) is 6.97. The molecule has 0 aliphatic carbocycles. The maximum Gasteiger partial charge on any atom is 0.337 e. The minimum absolute atomic E-state index is 0.0432. The number of carbonyl (C=O) groups is 1. The van der Waals surface area contributed by atoms with Gasteiger partial charge in [-0.15, -0.1) is 0 Å². The Kier molecular flexibility index (Phi) is 5.82. The molecule has 0 saturated carbocycles. The van der Waals surface area contributed by atoms with Gasteiger partial charge < -0.3 is 10.0 Å². The summed E-state index contributed by atoms with van der Waals surface area (Å²) in [5, 5.41) is 8.68. The number of carboxylic acid groups (broad SMARTS) is 1. The highest BCUT2D eigenvalue weighted by atomic mass is 32.2. The summed E-state index contributed by atoms with van der Waals surface area (Å²) in [4.78, 5) is 16.5. The number of aromatic carboxylic acids is 1. The Morgan fingerprint density at radius 1 is 1.38 bits per heavy atom. The summed E-state index contributed by atoms with van der Waals surface area (Å²) in [5.41, 5.74) is -0.0432. The first-order chi connectivity index (χ1) is 9.70. The van der Waals surface area contributed by atoms with Crippen molar-refractivity contribution < 1.29 is 18.3 Å². The largest absolute Gasteiger partial charge is 0.478 e. The third kappa shape index (κ3) is 4.23. The van der Waals surface area contributed by atoms with Crippen molar-refractivity contribution in [3.05, 3.63) is 23.9 Å². The van der Waals surface area contributed by atoms with E-state index in [2.05, 4.69) is 4.98 Å². The van der Waals surface area contributed by atoms with Gasteiger partial charge in [-0.25, -0.2) is 18.2 Å². The number of hydrogen-bond acceptors (Lipinski definition) is 5. The topological polar surface area (TPSA) is 90.8 Å². The van der Waals surface area contributed by atoms with Crippen molar-refractivity contribution >= 4 is 16.0 Å². The molecule has 1 unspecified atom stereocenters. The molecule has 0 aromatic carbocycles. The fourth-order valence-electron chi connectivity index (χ4n) is 2.12. The standard InChI is InChI=1S/C13H21N3O4S/c1-5-16(10(2)9-15(3)4)21(19,20)12-7-6-11(8-14-12)13(17)18/h6-8,10H,5,9H2,1-4H3,(H,17,18). The molecule has 1 aromatic rings. The Hall–Kier alpha value is -1.51. The molecular weight excluding hydrogens is 294 g/mol. The van der Waals surface area contributed by atoms with Crippen LogP contribution in [0.3, 0.4) is 0 Å². The number of hydrogen-bond donors (Lipinski definition) is 1. The average Bonchev–Trinajstić information content (AvgIpc) is 2.38. The van der Waals surface area contributed by atoms with Crippen LogP contribution < -0.4 is 0 Å². The van der Waals surface area contributed by atoms with Gasteiger partial charge in [0.15, 0.2) is 5.03 Å². The van der Waals surface area contributed by atoms with Gasteiger partial charge in [0, 0.05) is 25.3 Å². The van der Waals surface area contributed by atoms with Crippen LogP contribution in [0.1, 0.15) is 24.2 Å². The molecule has 1 aromatic heterocycles. The van der Waals surface area contributed by atoms with Crippen molar-refractivity contribution in [3.63, 3.8) is 0 Å². The van der Waals surface area contributed by atoms with E-state index in [-0.39, 0.29) is 16.6 Å². The summed E-state index contributed by atoms with van der Waals surface area (Å²) in [6.07, 6.45) is 1.06. The predicted octanol–water partition coefficient (Wildman–Crippen LogP) is 0.741. The van der Waals surface area contributed by atoms with Crippen LogP contribution in [0.4, 0.5) is 0 Å². The van der Waals surface area contributed by atoms with Gasteiger partial charge in [0.1, 0.15) is 0 Å². The van der Waals surface area contributed by atoms with Crippen LogP contribution >= 0.6 is 0 Å². The number of aromatic nitrogens is 1. The molecule has 0 aliphatic rings. The van der Waals surface area contributed by atoms with E-state index in [1.165, 1.54) is 16.4 Å². The fourth-order valence-corrected chi connectivity index (χ4v) is 3.66. The summed E-state index contributed by atoms with van der Waals surface area (Å²) >= 11 is 0. The van der Waals surface area contributed by atoms with Gasteiger partial charge in [-0.1, -0.05) is 6.92 Å². The smallest absolute Gasteiger partial charge is 0.337 e. The summed E-state index contributed by atoms with van der Waals surface area (Å²) in [6, 6.07) is 2.26. The molecule has 118 valence electrons. The van der Waals surface area contributed by atoms with E-state index >= 15 is 0 Å². The molecular formula is C13H21N3O4S. The van der Waals surface area contributed by atoms with Crippen LogP contribution in [-0.2, 0) is 10.0 Å². The first-order valence-electron chi connectivity index (χ1n) is 6.56. The Labute approximate surface area is 125 Å². The third-order valence-corrected chi connectivity index (χ3v) is 4.99. The molecule has 0 spiro atoms. The van der Waals surface area contributed by atoms with Crippen LogP contribution in [0, 0.1) is 0 Å². The molecule has 0 radical (unpaired) electrons. The number of sulfonamides is 1. The van der Waals surface area contributed by atoms with E-state index in [4.69, 9.17) is 5.11 Å². The lowest BCUT2D eigenvalue weighted by molar-refractivity contribution is 0.0696. The molecule has 1 N–H and O–H groups in total. The maximum absolute atomic E-state index is 12.6. The number of nitrogens with zero attached hydrogens (tertiary/aromatic N) is 3. The van der Waals surface area contributed by atoms with E-state index in [1.54, 1.807) is 6.92 Å². The minimum atomic E-state index is -3.74. The van der Waals surface area contributed by atoms with Gasteiger partial charge in [0.2, 0.25) is 0 Å². The van der Waals surface area contributed by atoms with Crippen LogP contribution in [0.5, 0.6) is 0 Å². The highest BCUT2D eigenvalue weighted by molar-refractivity contribution is 7.89. The molecule has 7 nitrogen and oxygen atoms in total. The zero-order valence-electron chi connectivity index (χ0n) is 12.6. The van der Waals surface area contributed by atoms with Crippen molar-refractivity contribution in [2.45, 2.75) is 24.9 Å². The van der Waals surface area contributed by atoms with Crippen molar-refractivity contribution in [2.75, 3.05) is 27.2 Å². The van der Waals surface area contributed by atoms with Crippen molar-refractivity contribution in [2.24, 2.45) is 0 Å². The van der Waals surface area contributed by atoms with Crippen molar-refractivity contribution in [3.8, 4) is 0 Å². The molecule has 1 atom stereocenters. The lowest BCUT2D eigenvalue weighted by Crippen LogP contribution is -2.43. The predicted molar refractivity (Wildman–Crippen MR) is 78.8 cm³/mol. The minimum Gasteiger partial charge on any atom is -0.478 e. The number of likely N-dealkylation sites (N-methyl/N-ethyl adjacent to an activating group) is 2. The SMILES string of the molecule is CCN(C(C)CN(C)C)S(=O)(=O)c1ccc(C(=O)O)cn1.